The van der Waals surface area contributed by atoms with Gasteiger partial charge in [0.15, 0.2) is 5.16 Å². The molecule has 0 spiro atoms. The first-order valence-electron chi connectivity index (χ1n) is 7.66. The van der Waals surface area contributed by atoms with Crippen LogP contribution in [0.1, 0.15) is 25.3 Å². The van der Waals surface area contributed by atoms with E-state index in [1.54, 1.807) is 11.8 Å². The molecule has 2 aliphatic rings. The average molecular weight is 318 g/mol. The molecule has 22 heavy (non-hydrogen) atoms. The minimum absolute atomic E-state index is 0.0866. The highest BCUT2D eigenvalue weighted by Crippen LogP contribution is 2.37. The molecule has 1 saturated carbocycles. The van der Waals surface area contributed by atoms with Crippen LogP contribution in [0.4, 0.5) is 0 Å². The van der Waals surface area contributed by atoms with Gasteiger partial charge in [-0.3, -0.25) is 9.36 Å². The molecular formula is C16H18N2O3S. The smallest absolute Gasteiger partial charge is 0.262 e. The van der Waals surface area contributed by atoms with Crippen molar-refractivity contribution in [3.8, 4) is 0 Å². The van der Waals surface area contributed by atoms with Crippen molar-refractivity contribution in [3.63, 3.8) is 0 Å². The Morgan fingerprint density at radius 1 is 1.27 bits per heavy atom. The van der Waals surface area contributed by atoms with Gasteiger partial charge in [0.25, 0.3) is 5.56 Å². The third-order valence-corrected chi connectivity index (χ3v) is 5.14. The fourth-order valence-corrected chi connectivity index (χ4v) is 3.81. The molecule has 116 valence electrons. The number of hydrogen-bond acceptors (Lipinski definition) is 5. The van der Waals surface area contributed by atoms with Crippen LogP contribution < -0.4 is 5.56 Å². The molecule has 0 radical (unpaired) electrons. The van der Waals surface area contributed by atoms with E-state index in [1.807, 2.05) is 28.8 Å². The largest absolute Gasteiger partial charge is 0.355 e. The van der Waals surface area contributed by atoms with Crippen molar-refractivity contribution < 1.29 is 9.47 Å². The Labute approximate surface area is 132 Å². The number of rotatable bonds is 4. The topological polar surface area (TPSA) is 53.4 Å². The van der Waals surface area contributed by atoms with Crippen LogP contribution in [-0.4, -0.2) is 34.8 Å². The summed E-state index contributed by atoms with van der Waals surface area (Å²) in [5.74, 6) is 0.806. The Morgan fingerprint density at radius 3 is 2.91 bits per heavy atom. The fourth-order valence-electron chi connectivity index (χ4n) is 2.68. The molecule has 1 atom stereocenters. The Bertz CT molecular complexity index is 736. The number of para-hydroxylation sites is 1. The van der Waals surface area contributed by atoms with E-state index in [0.29, 0.717) is 18.2 Å². The summed E-state index contributed by atoms with van der Waals surface area (Å²) in [6, 6.07) is 7.91. The van der Waals surface area contributed by atoms with Crippen LogP contribution in [0.2, 0.25) is 0 Å². The van der Waals surface area contributed by atoms with Crippen LogP contribution in [0.3, 0.4) is 0 Å². The molecule has 1 aromatic heterocycles. The number of ether oxygens (including phenoxy) is 2. The van der Waals surface area contributed by atoms with Gasteiger partial charge >= 0.3 is 0 Å². The van der Waals surface area contributed by atoms with Gasteiger partial charge in [0.05, 0.1) is 23.6 Å². The molecule has 0 bridgehead atoms. The third-order valence-electron chi connectivity index (χ3n) is 4.06. The highest BCUT2D eigenvalue weighted by molar-refractivity contribution is 7.99. The van der Waals surface area contributed by atoms with Gasteiger partial charge in [0, 0.05) is 11.8 Å². The Morgan fingerprint density at radius 2 is 2.14 bits per heavy atom. The molecule has 2 heterocycles. The van der Waals surface area contributed by atoms with E-state index in [0.717, 1.165) is 42.3 Å². The molecule has 5 nitrogen and oxygen atoms in total. The van der Waals surface area contributed by atoms with Gasteiger partial charge in [-0.05, 0) is 31.4 Å². The standard InChI is InChI=1S/C16H18N2O3S/c19-15-13-3-1-2-4-14(13)17-16(18(15)11-5-6-11)22-9-12-7-8-20-10-21-12/h1-4,11-12H,5-10H2/t12-/m1/s1. The van der Waals surface area contributed by atoms with Crippen molar-refractivity contribution in [2.24, 2.45) is 0 Å². The first kappa shape index (κ1) is 14.2. The fraction of sp³-hybridized carbons (Fsp3) is 0.500. The Kier molecular flexibility index (Phi) is 3.90. The molecule has 6 heteroatoms. The lowest BCUT2D eigenvalue weighted by molar-refractivity contribution is -0.130. The van der Waals surface area contributed by atoms with Gasteiger partial charge in [-0.2, -0.15) is 0 Å². The van der Waals surface area contributed by atoms with Crippen LogP contribution >= 0.6 is 11.8 Å². The molecule has 2 aromatic rings. The highest BCUT2D eigenvalue weighted by Gasteiger charge is 2.29. The van der Waals surface area contributed by atoms with E-state index in [2.05, 4.69) is 0 Å². The zero-order valence-electron chi connectivity index (χ0n) is 12.2. The number of benzene rings is 1. The second-order valence-corrected chi connectivity index (χ2v) is 6.72. The van der Waals surface area contributed by atoms with Crippen LogP contribution in [0.15, 0.2) is 34.2 Å². The lowest BCUT2D eigenvalue weighted by Crippen LogP contribution is -2.27. The van der Waals surface area contributed by atoms with Crippen molar-refractivity contribution in [1.29, 1.82) is 0 Å². The number of fused-ring (bicyclic) bond motifs is 1. The van der Waals surface area contributed by atoms with E-state index in [4.69, 9.17) is 14.5 Å². The lowest BCUT2D eigenvalue weighted by atomic mass is 10.2. The predicted molar refractivity (Wildman–Crippen MR) is 85.3 cm³/mol. The molecule has 4 rings (SSSR count). The first-order chi connectivity index (χ1) is 10.8. The van der Waals surface area contributed by atoms with Gasteiger partial charge in [-0.1, -0.05) is 23.9 Å². The molecular weight excluding hydrogens is 300 g/mol. The molecule has 1 saturated heterocycles. The summed E-state index contributed by atoms with van der Waals surface area (Å²) in [6.07, 6.45) is 3.21. The predicted octanol–water partition coefficient (Wildman–Crippen LogP) is 2.59. The summed E-state index contributed by atoms with van der Waals surface area (Å²) in [5.41, 5.74) is 0.864. The van der Waals surface area contributed by atoms with E-state index < -0.39 is 0 Å². The summed E-state index contributed by atoms with van der Waals surface area (Å²) in [6.45, 7) is 1.11. The van der Waals surface area contributed by atoms with Gasteiger partial charge in [0.1, 0.15) is 6.79 Å². The van der Waals surface area contributed by atoms with Gasteiger partial charge in [0.2, 0.25) is 0 Å². The second kappa shape index (κ2) is 6.02. The van der Waals surface area contributed by atoms with Crippen LogP contribution in [0.5, 0.6) is 0 Å². The highest BCUT2D eigenvalue weighted by atomic mass is 32.2. The van der Waals surface area contributed by atoms with E-state index in [9.17, 15) is 4.79 Å². The van der Waals surface area contributed by atoms with Crippen LogP contribution in [-0.2, 0) is 9.47 Å². The summed E-state index contributed by atoms with van der Waals surface area (Å²) < 4.78 is 12.7. The number of hydrogen-bond donors (Lipinski definition) is 0. The quantitative estimate of drug-likeness (QED) is 0.640. The molecule has 2 fully saturated rings. The normalized spacial score (nSPS) is 22.1. The van der Waals surface area contributed by atoms with Crippen molar-refractivity contribution in [2.45, 2.75) is 36.6 Å². The number of aromatic nitrogens is 2. The van der Waals surface area contributed by atoms with Gasteiger partial charge in [-0.25, -0.2) is 4.98 Å². The molecule has 0 amide bonds. The second-order valence-electron chi connectivity index (χ2n) is 5.73. The summed E-state index contributed by atoms with van der Waals surface area (Å²) >= 11 is 1.62. The van der Waals surface area contributed by atoms with Crippen LogP contribution in [0, 0.1) is 0 Å². The average Bonchev–Trinajstić information content (AvgIpc) is 3.39. The van der Waals surface area contributed by atoms with E-state index in [1.165, 1.54) is 0 Å². The monoisotopic (exact) mass is 318 g/mol. The zero-order valence-corrected chi connectivity index (χ0v) is 13.1. The number of nitrogens with zero attached hydrogens (tertiary/aromatic N) is 2. The van der Waals surface area contributed by atoms with Gasteiger partial charge in [-0.15, -0.1) is 0 Å². The summed E-state index contributed by atoms with van der Waals surface area (Å²) in [4.78, 5) is 17.5. The van der Waals surface area contributed by atoms with Crippen molar-refractivity contribution in [1.82, 2.24) is 9.55 Å². The Hall–Kier alpha value is -1.37. The third kappa shape index (κ3) is 2.78. The number of thioether (sulfide) groups is 1. The SMILES string of the molecule is O=c1c2ccccc2nc(SC[C@H]2CCOCO2)n1C1CC1. The molecule has 1 aliphatic carbocycles. The maximum Gasteiger partial charge on any atom is 0.262 e. The van der Waals surface area contributed by atoms with Crippen LogP contribution in [0.25, 0.3) is 10.9 Å². The minimum atomic E-state index is 0.0866. The van der Waals surface area contributed by atoms with Crippen molar-refractivity contribution in [3.05, 3.63) is 34.6 Å². The van der Waals surface area contributed by atoms with E-state index >= 15 is 0 Å². The minimum Gasteiger partial charge on any atom is -0.355 e. The van der Waals surface area contributed by atoms with E-state index in [-0.39, 0.29) is 11.7 Å². The molecule has 1 aliphatic heterocycles. The maximum absolute atomic E-state index is 12.7. The van der Waals surface area contributed by atoms with Gasteiger partial charge < -0.3 is 9.47 Å². The first-order valence-corrected chi connectivity index (χ1v) is 8.65. The molecule has 0 N–H and O–H groups in total. The van der Waals surface area contributed by atoms with Crippen molar-refractivity contribution >= 4 is 22.7 Å². The lowest BCUT2D eigenvalue weighted by Gasteiger charge is -2.22. The molecule has 1 aromatic carbocycles. The summed E-state index contributed by atoms with van der Waals surface area (Å²) in [7, 11) is 0. The molecule has 0 unspecified atom stereocenters. The summed E-state index contributed by atoms with van der Waals surface area (Å²) in [5, 5.41) is 1.53. The van der Waals surface area contributed by atoms with Crippen molar-refractivity contribution in [2.75, 3.05) is 19.2 Å². The maximum atomic E-state index is 12.7. The zero-order chi connectivity index (χ0) is 14.9. The Balaban J connectivity index is 1.66.